The van der Waals surface area contributed by atoms with E-state index in [1.165, 1.54) is 35.1 Å². The first-order valence-electron chi connectivity index (χ1n) is 8.62. The Kier molecular flexibility index (Phi) is 9.81. The van der Waals surface area contributed by atoms with E-state index in [9.17, 15) is 0 Å². The minimum Gasteiger partial charge on any atom is -0.0819 e. The molecule has 0 amide bonds. The zero-order valence-electron chi connectivity index (χ0n) is 16.1. The zero-order valence-corrected chi connectivity index (χ0v) is 16.1. The van der Waals surface area contributed by atoms with Gasteiger partial charge in [-0.25, -0.2) is 0 Å². The van der Waals surface area contributed by atoms with Crippen molar-refractivity contribution in [1.82, 2.24) is 0 Å². The standard InChI is InChI=1S/C22H36/c1-9-12-18(3)14-11-15-19(4)16-17-21(22(6,7)8)20(5)13-10-2/h11-12,14-17H,9-10,13H2,1-8H3/b14-11+,17-16+,18-12+,19-15+,21-20-. The molecule has 0 aromatic heterocycles. The van der Waals surface area contributed by atoms with Crippen LogP contribution in [0.15, 0.2) is 58.7 Å². The SMILES string of the molecule is CC/C=C(C)/C=C/C=C(C)/C=C/C(=C(\C)CCC)C(C)(C)C. The summed E-state index contributed by atoms with van der Waals surface area (Å²) < 4.78 is 0. The highest BCUT2D eigenvalue weighted by Gasteiger charge is 2.16. The average molecular weight is 301 g/mol. The fourth-order valence-corrected chi connectivity index (χ4v) is 2.55. The molecule has 0 saturated heterocycles. The molecular formula is C22H36. The number of hydrogen-bond donors (Lipinski definition) is 0. The maximum absolute atomic E-state index is 2.30. The summed E-state index contributed by atoms with van der Waals surface area (Å²) in [7, 11) is 0. The van der Waals surface area contributed by atoms with E-state index in [2.05, 4.69) is 91.8 Å². The van der Waals surface area contributed by atoms with Crippen LogP contribution in [0, 0.1) is 5.41 Å². The van der Waals surface area contributed by atoms with Crippen LogP contribution in [0.4, 0.5) is 0 Å². The fourth-order valence-electron chi connectivity index (χ4n) is 2.55. The van der Waals surface area contributed by atoms with Crippen molar-refractivity contribution in [2.75, 3.05) is 0 Å². The lowest BCUT2D eigenvalue weighted by molar-refractivity contribution is 0.508. The molecule has 0 fully saturated rings. The largest absolute Gasteiger partial charge is 0.0819 e. The molecule has 0 saturated carbocycles. The number of allylic oxidation sites excluding steroid dienone is 10. The third kappa shape index (κ3) is 8.87. The van der Waals surface area contributed by atoms with Crippen LogP contribution in [-0.4, -0.2) is 0 Å². The minimum atomic E-state index is 0.201. The molecule has 0 aromatic carbocycles. The Morgan fingerprint density at radius 1 is 0.864 bits per heavy atom. The van der Waals surface area contributed by atoms with Crippen LogP contribution >= 0.6 is 0 Å². The minimum absolute atomic E-state index is 0.201. The van der Waals surface area contributed by atoms with E-state index in [0.717, 1.165) is 6.42 Å². The van der Waals surface area contributed by atoms with Gasteiger partial charge in [-0.2, -0.15) is 0 Å². The molecule has 0 aliphatic heterocycles. The first-order chi connectivity index (χ1) is 10.2. The molecule has 0 aliphatic rings. The Labute approximate surface area is 139 Å². The summed E-state index contributed by atoms with van der Waals surface area (Å²) in [6.07, 6.45) is 16.8. The Balaban J connectivity index is 5.12. The van der Waals surface area contributed by atoms with Gasteiger partial charge < -0.3 is 0 Å². The van der Waals surface area contributed by atoms with E-state index >= 15 is 0 Å². The summed E-state index contributed by atoms with van der Waals surface area (Å²) in [5.74, 6) is 0. The van der Waals surface area contributed by atoms with Crippen LogP contribution in [0.5, 0.6) is 0 Å². The van der Waals surface area contributed by atoms with Crippen molar-refractivity contribution in [2.45, 2.75) is 74.7 Å². The summed E-state index contributed by atoms with van der Waals surface area (Å²) >= 11 is 0. The van der Waals surface area contributed by atoms with Gasteiger partial charge in [0, 0.05) is 0 Å². The van der Waals surface area contributed by atoms with Crippen LogP contribution in [0.1, 0.15) is 74.7 Å². The highest BCUT2D eigenvalue weighted by molar-refractivity contribution is 5.35. The van der Waals surface area contributed by atoms with E-state index < -0.39 is 0 Å². The normalized spacial score (nSPS) is 15.8. The zero-order chi connectivity index (χ0) is 17.2. The maximum Gasteiger partial charge on any atom is -0.0132 e. The molecular weight excluding hydrogens is 264 g/mol. The summed E-state index contributed by atoms with van der Waals surface area (Å²) in [5, 5.41) is 0. The van der Waals surface area contributed by atoms with Gasteiger partial charge in [-0.1, -0.05) is 94.2 Å². The molecule has 0 heterocycles. The number of rotatable bonds is 7. The molecule has 0 unspecified atom stereocenters. The van der Waals surface area contributed by atoms with E-state index in [1.54, 1.807) is 0 Å². The van der Waals surface area contributed by atoms with Crippen molar-refractivity contribution in [2.24, 2.45) is 5.41 Å². The summed E-state index contributed by atoms with van der Waals surface area (Å²) in [5.41, 5.74) is 5.78. The van der Waals surface area contributed by atoms with Crippen molar-refractivity contribution >= 4 is 0 Å². The predicted octanol–water partition coefficient (Wildman–Crippen LogP) is 7.56. The Morgan fingerprint density at radius 2 is 1.50 bits per heavy atom. The van der Waals surface area contributed by atoms with Gasteiger partial charge in [0.1, 0.15) is 0 Å². The number of hydrogen-bond acceptors (Lipinski definition) is 0. The van der Waals surface area contributed by atoms with E-state index in [1.807, 2.05) is 0 Å². The molecule has 0 N–H and O–H groups in total. The van der Waals surface area contributed by atoms with Crippen molar-refractivity contribution in [3.63, 3.8) is 0 Å². The van der Waals surface area contributed by atoms with Gasteiger partial charge in [-0.05, 0) is 44.6 Å². The smallest absolute Gasteiger partial charge is 0.0132 e. The van der Waals surface area contributed by atoms with Gasteiger partial charge >= 0.3 is 0 Å². The van der Waals surface area contributed by atoms with Crippen LogP contribution in [0.25, 0.3) is 0 Å². The quantitative estimate of drug-likeness (QED) is 0.425. The molecule has 0 aromatic rings. The summed E-state index contributed by atoms with van der Waals surface area (Å²) in [6, 6.07) is 0. The van der Waals surface area contributed by atoms with Crippen molar-refractivity contribution < 1.29 is 0 Å². The van der Waals surface area contributed by atoms with E-state index in [-0.39, 0.29) is 5.41 Å². The van der Waals surface area contributed by atoms with E-state index in [4.69, 9.17) is 0 Å². The van der Waals surface area contributed by atoms with Crippen molar-refractivity contribution in [1.29, 1.82) is 0 Å². The van der Waals surface area contributed by atoms with Gasteiger partial charge in [-0.15, -0.1) is 0 Å². The van der Waals surface area contributed by atoms with Crippen LogP contribution < -0.4 is 0 Å². The molecule has 22 heavy (non-hydrogen) atoms. The third-order valence-electron chi connectivity index (χ3n) is 3.65. The lowest BCUT2D eigenvalue weighted by atomic mass is 9.82. The van der Waals surface area contributed by atoms with Crippen molar-refractivity contribution in [3.05, 3.63) is 58.7 Å². The summed E-state index contributed by atoms with van der Waals surface area (Å²) in [6.45, 7) is 17.9. The van der Waals surface area contributed by atoms with Gasteiger partial charge in [0.05, 0.1) is 0 Å². The predicted molar refractivity (Wildman–Crippen MR) is 103 cm³/mol. The third-order valence-corrected chi connectivity index (χ3v) is 3.65. The van der Waals surface area contributed by atoms with E-state index in [0.29, 0.717) is 0 Å². The second kappa shape index (κ2) is 10.4. The Morgan fingerprint density at radius 3 is 2.00 bits per heavy atom. The molecule has 0 spiro atoms. The topological polar surface area (TPSA) is 0 Å². The van der Waals surface area contributed by atoms with Gasteiger partial charge in [0.2, 0.25) is 0 Å². The molecule has 0 atom stereocenters. The lowest BCUT2D eigenvalue weighted by Crippen LogP contribution is -2.09. The lowest BCUT2D eigenvalue weighted by Gasteiger charge is -2.23. The average Bonchev–Trinajstić information content (AvgIpc) is 2.37. The fraction of sp³-hybridized carbons (Fsp3) is 0.545. The highest BCUT2D eigenvalue weighted by Crippen LogP contribution is 2.31. The summed E-state index contributed by atoms with van der Waals surface area (Å²) in [4.78, 5) is 0. The van der Waals surface area contributed by atoms with Gasteiger partial charge in [-0.3, -0.25) is 0 Å². The van der Waals surface area contributed by atoms with Gasteiger partial charge in [0.15, 0.2) is 0 Å². The monoisotopic (exact) mass is 300 g/mol. The highest BCUT2D eigenvalue weighted by atomic mass is 14.2. The maximum atomic E-state index is 2.30. The second-order valence-corrected chi connectivity index (χ2v) is 7.15. The molecule has 0 nitrogen and oxygen atoms in total. The second-order valence-electron chi connectivity index (χ2n) is 7.15. The Bertz CT molecular complexity index is 471. The first-order valence-corrected chi connectivity index (χ1v) is 8.62. The van der Waals surface area contributed by atoms with Crippen LogP contribution in [0.3, 0.4) is 0 Å². The first kappa shape index (κ1) is 20.7. The molecule has 0 heteroatoms. The Hall–Kier alpha value is -1.30. The molecule has 0 aliphatic carbocycles. The molecule has 124 valence electrons. The molecule has 0 rings (SSSR count). The van der Waals surface area contributed by atoms with Crippen molar-refractivity contribution in [3.8, 4) is 0 Å². The van der Waals surface area contributed by atoms with Crippen LogP contribution in [-0.2, 0) is 0 Å². The molecule has 0 radical (unpaired) electrons. The van der Waals surface area contributed by atoms with Crippen LogP contribution in [0.2, 0.25) is 0 Å². The molecule has 0 bridgehead atoms. The van der Waals surface area contributed by atoms with Gasteiger partial charge in [0.25, 0.3) is 0 Å².